The van der Waals surface area contributed by atoms with E-state index in [9.17, 15) is 14.4 Å². The van der Waals surface area contributed by atoms with E-state index in [1.165, 1.54) is 6.92 Å². The van der Waals surface area contributed by atoms with Gasteiger partial charge in [-0.3, -0.25) is 14.4 Å². The molecule has 1 aromatic rings. The summed E-state index contributed by atoms with van der Waals surface area (Å²) in [4.78, 5) is 35.4. The Labute approximate surface area is 104 Å². The van der Waals surface area contributed by atoms with Crippen molar-refractivity contribution in [2.75, 3.05) is 0 Å². The fourth-order valence-electron chi connectivity index (χ4n) is 2.86. The van der Waals surface area contributed by atoms with Crippen LogP contribution in [0.5, 0.6) is 0 Å². The molecule has 3 unspecified atom stereocenters. The van der Waals surface area contributed by atoms with Gasteiger partial charge in [0.25, 0.3) is 0 Å². The largest absolute Gasteiger partial charge is 0.462 e. The van der Waals surface area contributed by atoms with Gasteiger partial charge in [0.1, 0.15) is 6.10 Å². The minimum absolute atomic E-state index is 0.00129. The van der Waals surface area contributed by atoms with E-state index in [-0.39, 0.29) is 17.5 Å². The predicted molar refractivity (Wildman–Crippen MR) is 62.3 cm³/mol. The maximum absolute atomic E-state index is 12.3. The lowest BCUT2D eigenvalue weighted by atomic mass is 9.60. The van der Waals surface area contributed by atoms with E-state index in [0.717, 1.165) is 0 Å². The number of fused-ring (bicyclic) bond motifs is 2. The molecule has 2 aliphatic rings. The highest BCUT2D eigenvalue weighted by molar-refractivity contribution is 6.17. The van der Waals surface area contributed by atoms with E-state index in [2.05, 4.69) is 0 Å². The van der Waals surface area contributed by atoms with Crippen molar-refractivity contribution in [1.29, 1.82) is 0 Å². The summed E-state index contributed by atoms with van der Waals surface area (Å²) < 4.78 is 5.08. The molecule has 0 aliphatic heterocycles. The Bertz CT molecular complexity index is 561. The molecule has 4 nitrogen and oxygen atoms in total. The second-order valence-electron chi connectivity index (χ2n) is 4.79. The number of hydrogen-bond donors (Lipinski definition) is 0. The molecule has 0 amide bonds. The summed E-state index contributed by atoms with van der Waals surface area (Å²) >= 11 is 0. The van der Waals surface area contributed by atoms with Gasteiger partial charge in [-0.05, 0) is 6.42 Å². The summed E-state index contributed by atoms with van der Waals surface area (Å²) in [6.45, 7) is 1.32. The van der Waals surface area contributed by atoms with Gasteiger partial charge in [-0.2, -0.15) is 0 Å². The molecule has 18 heavy (non-hydrogen) atoms. The van der Waals surface area contributed by atoms with Crippen LogP contribution in [-0.4, -0.2) is 23.6 Å². The highest BCUT2D eigenvalue weighted by Gasteiger charge is 2.54. The summed E-state index contributed by atoms with van der Waals surface area (Å²) in [7, 11) is 0. The van der Waals surface area contributed by atoms with E-state index < -0.39 is 18.0 Å². The minimum atomic E-state index is -0.476. The second kappa shape index (κ2) is 3.77. The monoisotopic (exact) mass is 244 g/mol. The molecule has 0 radical (unpaired) electrons. The number of benzene rings is 1. The third kappa shape index (κ3) is 1.41. The molecular weight excluding hydrogens is 232 g/mol. The average Bonchev–Trinajstić information content (AvgIpc) is 2.31. The van der Waals surface area contributed by atoms with Gasteiger partial charge < -0.3 is 4.74 Å². The first-order valence-electron chi connectivity index (χ1n) is 5.94. The van der Waals surface area contributed by atoms with Gasteiger partial charge in [0.2, 0.25) is 0 Å². The van der Waals surface area contributed by atoms with Crippen LogP contribution in [0.1, 0.15) is 34.1 Å². The Kier molecular flexibility index (Phi) is 2.33. The predicted octanol–water partition coefficient (Wildman–Crippen LogP) is 1.63. The Hall–Kier alpha value is -1.97. The SMILES string of the molecule is CC(=O)OC1CC2C(=O)c3ccccc3C(=O)C12. The van der Waals surface area contributed by atoms with E-state index >= 15 is 0 Å². The van der Waals surface area contributed by atoms with E-state index in [1.807, 2.05) is 0 Å². The van der Waals surface area contributed by atoms with E-state index in [4.69, 9.17) is 4.74 Å². The van der Waals surface area contributed by atoms with Crippen molar-refractivity contribution >= 4 is 17.5 Å². The van der Waals surface area contributed by atoms with E-state index in [1.54, 1.807) is 24.3 Å². The molecule has 0 aromatic heterocycles. The van der Waals surface area contributed by atoms with Gasteiger partial charge in [-0.15, -0.1) is 0 Å². The van der Waals surface area contributed by atoms with Crippen LogP contribution in [-0.2, 0) is 9.53 Å². The fraction of sp³-hybridized carbons (Fsp3) is 0.357. The summed E-state index contributed by atoms with van der Waals surface area (Å²) in [5.41, 5.74) is 0.964. The Morgan fingerprint density at radius 1 is 1.17 bits per heavy atom. The van der Waals surface area contributed by atoms with Crippen molar-refractivity contribution in [2.45, 2.75) is 19.4 Å². The van der Waals surface area contributed by atoms with Gasteiger partial charge in [0.15, 0.2) is 11.6 Å². The van der Waals surface area contributed by atoms with Gasteiger partial charge in [0.05, 0.1) is 5.92 Å². The standard InChI is InChI=1S/C14H12O4/c1-7(15)18-11-6-10-12(11)14(17)9-5-3-2-4-8(9)13(10)16/h2-5,10-12H,6H2,1H3. The van der Waals surface area contributed by atoms with Crippen molar-refractivity contribution in [1.82, 2.24) is 0 Å². The van der Waals surface area contributed by atoms with E-state index in [0.29, 0.717) is 17.5 Å². The van der Waals surface area contributed by atoms with Crippen molar-refractivity contribution in [3.63, 3.8) is 0 Å². The van der Waals surface area contributed by atoms with Crippen molar-refractivity contribution in [2.24, 2.45) is 11.8 Å². The molecule has 0 bridgehead atoms. The molecule has 1 aromatic carbocycles. The second-order valence-corrected chi connectivity index (χ2v) is 4.79. The average molecular weight is 244 g/mol. The molecule has 0 heterocycles. The van der Waals surface area contributed by atoms with Gasteiger partial charge in [-0.25, -0.2) is 0 Å². The molecule has 2 aliphatic carbocycles. The van der Waals surface area contributed by atoms with Gasteiger partial charge in [0, 0.05) is 24.0 Å². The van der Waals surface area contributed by atoms with Crippen LogP contribution in [0.4, 0.5) is 0 Å². The Morgan fingerprint density at radius 3 is 2.39 bits per heavy atom. The van der Waals surface area contributed by atoms with Crippen molar-refractivity contribution < 1.29 is 19.1 Å². The number of hydrogen-bond acceptors (Lipinski definition) is 4. The maximum atomic E-state index is 12.3. The van der Waals surface area contributed by atoms with Crippen molar-refractivity contribution in [3.8, 4) is 0 Å². The first kappa shape index (κ1) is 11.1. The summed E-state index contributed by atoms with van der Waals surface area (Å²) in [6.07, 6.45) is 0.0284. The summed E-state index contributed by atoms with van der Waals surface area (Å²) in [5.74, 6) is -1.27. The fourth-order valence-corrected chi connectivity index (χ4v) is 2.86. The molecule has 0 spiro atoms. The van der Waals surface area contributed by atoms with Crippen LogP contribution in [0.15, 0.2) is 24.3 Å². The maximum Gasteiger partial charge on any atom is 0.302 e. The molecule has 3 atom stereocenters. The van der Waals surface area contributed by atoms with Crippen LogP contribution in [0.25, 0.3) is 0 Å². The zero-order valence-corrected chi connectivity index (χ0v) is 9.88. The van der Waals surface area contributed by atoms with Gasteiger partial charge in [-0.1, -0.05) is 24.3 Å². The summed E-state index contributed by atoms with van der Waals surface area (Å²) in [6, 6.07) is 6.84. The first-order chi connectivity index (χ1) is 8.59. The molecule has 4 heteroatoms. The number of Topliss-reactive ketones (excluding diaryl/α,β-unsaturated/α-hetero) is 2. The molecule has 0 N–H and O–H groups in total. The molecule has 92 valence electrons. The smallest absolute Gasteiger partial charge is 0.302 e. The first-order valence-corrected chi connectivity index (χ1v) is 5.94. The molecular formula is C14H12O4. The van der Waals surface area contributed by atoms with Crippen LogP contribution in [0.2, 0.25) is 0 Å². The highest BCUT2D eigenvalue weighted by Crippen LogP contribution is 2.45. The van der Waals surface area contributed by atoms with Crippen LogP contribution in [0.3, 0.4) is 0 Å². The highest BCUT2D eigenvalue weighted by atomic mass is 16.5. The molecule has 1 fully saturated rings. The quantitative estimate of drug-likeness (QED) is 0.704. The third-order valence-electron chi connectivity index (χ3n) is 3.74. The zero-order chi connectivity index (χ0) is 12.9. The zero-order valence-electron chi connectivity index (χ0n) is 9.88. The molecule has 1 saturated carbocycles. The Morgan fingerprint density at radius 2 is 1.78 bits per heavy atom. The number of esters is 1. The van der Waals surface area contributed by atoms with Crippen LogP contribution in [0, 0.1) is 11.8 Å². The normalized spacial score (nSPS) is 29.1. The van der Waals surface area contributed by atoms with Crippen LogP contribution < -0.4 is 0 Å². The summed E-state index contributed by atoms with van der Waals surface area (Å²) in [5, 5.41) is 0. The number of rotatable bonds is 1. The lowest BCUT2D eigenvalue weighted by molar-refractivity contribution is -0.155. The topological polar surface area (TPSA) is 60.4 Å². The van der Waals surface area contributed by atoms with Crippen molar-refractivity contribution in [3.05, 3.63) is 35.4 Å². The Balaban J connectivity index is 1.96. The lowest BCUT2D eigenvalue weighted by Crippen LogP contribution is -2.54. The minimum Gasteiger partial charge on any atom is -0.462 e. The molecule has 0 saturated heterocycles. The number of ether oxygens (including phenoxy) is 1. The van der Waals surface area contributed by atoms with Gasteiger partial charge >= 0.3 is 5.97 Å². The number of carbonyl (C=O) groups excluding carboxylic acids is 3. The number of carbonyl (C=O) groups is 3. The number of ketones is 2. The third-order valence-corrected chi connectivity index (χ3v) is 3.74. The molecule has 3 rings (SSSR count). The van der Waals surface area contributed by atoms with Crippen LogP contribution >= 0.6 is 0 Å². The lowest BCUT2D eigenvalue weighted by Gasteiger charge is -2.44.